The number of esters is 2. The molecule has 0 saturated heterocycles. The number of benzene rings is 3. The molecule has 0 heterocycles. The molecule has 3 aromatic rings. The highest BCUT2D eigenvalue weighted by atomic mass is 16.6. The van der Waals surface area contributed by atoms with Gasteiger partial charge in [0.2, 0.25) is 0 Å². The summed E-state index contributed by atoms with van der Waals surface area (Å²) < 4.78 is 21.2. The first kappa shape index (κ1) is 28.5. The molecule has 0 radical (unpaired) electrons. The Morgan fingerprint density at radius 2 is 1.38 bits per heavy atom. The summed E-state index contributed by atoms with van der Waals surface area (Å²) in [6, 6.07) is 16.5. The number of carbonyl (C=O) groups is 3. The maximum absolute atomic E-state index is 12.7. The van der Waals surface area contributed by atoms with Crippen molar-refractivity contribution in [2.24, 2.45) is 0 Å². The molecular formula is C31H28O8. The largest absolute Gasteiger partial charge is 0.508 e. The van der Waals surface area contributed by atoms with Gasteiger partial charge in [0.05, 0.1) is 14.2 Å². The number of ether oxygens (including phenoxy) is 4. The average Bonchev–Trinajstić information content (AvgIpc) is 2.91. The van der Waals surface area contributed by atoms with Crippen molar-refractivity contribution in [2.75, 3.05) is 14.2 Å². The van der Waals surface area contributed by atoms with Crippen molar-refractivity contribution in [3.05, 3.63) is 107 Å². The number of ketones is 1. The summed E-state index contributed by atoms with van der Waals surface area (Å²) in [6.07, 6.45) is 6.99. The summed E-state index contributed by atoms with van der Waals surface area (Å²) in [6.45, 7) is 3.16. The maximum Gasteiger partial charge on any atom is 0.347 e. The van der Waals surface area contributed by atoms with Crippen LogP contribution in [0.25, 0.3) is 12.2 Å². The van der Waals surface area contributed by atoms with Crippen molar-refractivity contribution in [1.82, 2.24) is 0 Å². The van der Waals surface area contributed by atoms with E-state index in [1.54, 1.807) is 43.5 Å². The van der Waals surface area contributed by atoms with Gasteiger partial charge in [0.25, 0.3) is 0 Å². The first-order valence-corrected chi connectivity index (χ1v) is 11.8. The van der Waals surface area contributed by atoms with E-state index < -0.39 is 17.7 Å². The highest BCUT2D eigenvalue weighted by molar-refractivity contribution is 6.02. The molecule has 0 amide bonds. The number of hydrogen-bond donors (Lipinski definition) is 1. The van der Waals surface area contributed by atoms with Crippen LogP contribution in [0.15, 0.2) is 84.7 Å². The van der Waals surface area contributed by atoms with E-state index in [0.29, 0.717) is 11.3 Å². The van der Waals surface area contributed by atoms with Gasteiger partial charge in [-0.3, -0.25) is 9.59 Å². The lowest BCUT2D eigenvalue weighted by Crippen LogP contribution is -2.13. The smallest absolute Gasteiger partial charge is 0.347 e. The van der Waals surface area contributed by atoms with Gasteiger partial charge in [0, 0.05) is 13.0 Å². The van der Waals surface area contributed by atoms with Crippen LogP contribution in [0.3, 0.4) is 0 Å². The molecule has 0 aliphatic carbocycles. The molecule has 0 bridgehead atoms. The van der Waals surface area contributed by atoms with Crippen LogP contribution in [0.4, 0.5) is 0 Å². The van der Waals surface area contributed by atoms with Gasteiger partial charge in [-0.15, -0.1) is 0 Å². The molecule has 0 aromatic heterocycles. The zero-order valence-corrected chi connectivity index (χ0v) is 22.0. The molecule has 0 fully saturated rings. The van der Waals surface area contributed by atoms with Crippen molar-refractivity contribution >= 4 is 29.9 Å². The van der Waals surface area contributed by atoms with Crippen molar-refractivity contribution in [1.29, 1.82) is 0 Å². The van der Waals surface area contributed by atoms with Crippen molar-refractivity contribution in [3.8, 4) is 23.0 Å². The van der Waals surface area contributed by atoms with Gasteiger partial charge in [0.15, 0.2) is 17.3 Å². The fourth-order valence-corrected chi connectivity index (χ4v) is 3.45. The van der Waals surface area contributed by atoms with Crippen LogP contribution < -0.4 is 18.9 Å². The molecule has 0 aliphatic heterocycles. The number of aryl methyl sites for hydroxylation is 1. The molecule has 200 valence electrons. The number of methoxy groups -OCH3 is 2. The Labute approximate surface area is 226 Å². The zero-order chi connectivity index (χ0) is 28.4. The van der Waals surface area contributed by atoms with Gasteiger partial charge in [-0.1, -0.05) is 42.5 Å². The molecule has 0 saturated carbocycles. The Morgan fingerprint density at radius 1 is 0.744 bits per heavy atom. The number of hydrogen-bond acceptors (Lipinski definition) is 8. The van der Waals surface area contributed by atoms with Crippen LogP contribution in [0.5, 0.6) is 23.0 Å². The van der Waals surface area contributed by atoms with Crippen LogP contribution in [0, 0.1) is 6.92 Å². The molecule has 8 heteroatoms. The summed E-state index contributed by atoms with van der Waals surface area (Å²) in [4.78, 5) is 36.3. The monoisotopic (exact) mass is 528 g/mol. The third-order valence-corrected chi connectivity index (χ3v) is 5.36. The lowest BCUT2D eigenvalue weighted by molar-refractivity contribution is -0.131. The van der Waals surface area contributed by atoms with Gasteiger partial charge in [-0.05, 0) is 66.1 Å². The van der Waals surface area contributed by atoms with Gasteiger partial charge in [-0.25, -0.2) is 4.79 Å². The lowest BCUT2D eigenvalue weighted by atomic mass is 10.1. The summed E-state index contributed by atoms with van der Waals surface area (Å²) >= 11 is 0. The number of aliphatic hydroxyl groups is 1. The van der Waals surface area contributed by atoms with E-state index in [-0.39, 0.29) is 28.6 Å². The number of rotatable bonds is 10. The summed E-state index contributed by atoms with van der Waals surface area (Å²) in [5.41, 5.74) is 2.46. The van der Waals surface area contributed by atoms with Gasteiger partial charge < -0.3 is 24.1 Å². The number of carbonyl (C=O) groups excluding carboxylic acids is 3. The van der Waals surface area contributed by atoms with E-state index in [1.165, 1.54) is 44.4 Å². The fraction of sp³-hybridized carbons (Fsp3) is 0.129. The highest BCUT2D eigenvalue weighted by Crippen LogP contribution is 2.30. The minimum Gasteiger partial charge on any atom is -0.508 e. The molecule has 0 spiro atoms. The Hall–Kier alpha value is -5.11. The van der Waals surface area contributed by atoms with Crippen molar-refractivity contribution < 1.29 is 38.4 Å². The predicted octanol–water partition coefficient (Wildman–Crippen LogP) is 5.89. The van der Waals surface area contributed by atoms with Gasteiger partial charge in [-0.2, -0.15) is 0 Å². The summed E-state index contributed by atoms with van der Waals surface area (Å²) in [7, 11) is 3.00. The number of para-hydroxylation sites is 1. The van der Waals surface area contributed by atoms with E-state index in [4.69, 9.17) is 18.9 Å². The van der Waals surface area contributed by atoms with E-state index in [1.807, 2.05) is 25.1 Å². The van der Waals surface area contributed by atoms with E-state index in [9.17, 15) is 19.5 Å². The summed E-state index contributed by atoms with van der Waals surface area (Å²) in [5, 5.41) is 10.2. The second kappa shape index (κ2) is 13.4. The number of allylic oxidation sites excluding steroid dienone is 3. The van der Waals surface area contributed by atoms with Crippen LogP contribution in [0.2, 0.25) is 0 Å². The standard InChI is InChI=1S/C31H28O8/c1-20-9-10-22(17-29(20)36-3)11-14-24(33)19-25(34)15-12-23-13-16-28(30(18-23)37-4)39-31(35)26-7-5-6-8-27(26)38-21(2)32/h5-19,34H,1-4H3/b14-11+,15-12+,25-19?. The van der Waals surface area contributed by atoms with Crippen molar-refractivity contribution in [3.63, 3.8) is 0 Å². The Bertz CT molecular complexity index is 1460. The highest BCUT2D eigenvalue weighted by Gasteiger charge is 2.18. The fourth-order valence-electron chi connectivity index (χ4n) is 3.45. The molecule has 1 N–H and O–H groups in total. The average molecular weight is 529 g/mol. The molecule has 0 unspecified atom stereocenters. The van der Waals surface area contributed by atoms with Crippen LogP contribution in [-0.2, 0) is 9.59 Å². The molecule has 3 rings (SSSR count). The molecule has 0 atom stereocenters. The van der Waals surface area contributed by atoms with Crippen LogP contribution >= 0.6 is 0 Å². The lowest BCUT2D eigenvalue weighted by Gasteiger charge is -2.12. The minimum absolute atomic E-state index is 0.0778. The third-order valence-electron chi connectivity index (χ3n) is 5.36. The van der Waals surface area contributed by atoms with E-state index in [2.05, 4.69) is 0 Å². The molecule has 3 aromatic carbocycles. The third kappa shape index (κ3) is 8.19. The van der Waals surface area contributed by atoms with Crippen LogP contribution in [0.1, 0.15) is 34.0 Å². The van der Waals surface area contributed by atoms with E-state index in [0.717, 1.165) is 17.2 Å². The summed E-state index contributed by atoms with van der Waals surface area (Å²) in [5.74, 6) is -0.742. The van der Waals surface area contributed by atoms with Crippen LogP contribution in [-0.4, -0.2) is 37.0 Å². The molecule has 0 aliphatic rings. The van der Waals surface area contributed by atoms with E-state index >= 15 is 0 Å². The zero-order valence-electron chi connectivity index (χ0n) is 22.0. The molecule has 39 heavy (non-hydrogen) atoms. The minimum atomic E-state index is -0.732. The number of aliphatic hydroxyl groups excluding tert-OH is 1. The Kier molecular flexibility index (Phi) is 9.81. The second-order valence-electron chi connectivity index (χ2n) is 8.26. The second-order valence-corrected chi connectivity index (χ2v) is 8.26. The Balaban J connectivity index is 1.69. The molecular weight excluding hydrogens is 500 g/mol. The SMILES string of the molecule is COc1cc(/C=C/C(=O)C=C(O)/C=C/c2ccc(OC(=O)c3ccccc3OC(C)=O)c(OC)c2)ccc1C. The normalized spacial score (nSPS) is 11.4. The van der Waals surface area contributed by atoms with Gasteiger partial charge >= 0.3 is 11.9 Å². The predicted molar refractivity (Wildman–Crippen MR) is 147 cm³/mol. The van der Waals surface area contributed by atoms with Crippen molar-refractivity contribution in [2.45, 2.75) is 13.8 Å². The topological polar surface area (TPSA) is 108 Å². The molecule has 8 nitrogen and oxygen atoms in total. The quantitative estimate of drug-likeness (QED) is 0.114. The Morgan fingerprint density at radius 3 is 2.08 bits per heavy atom. The first-order chi connectivity index (χ1) is 18.7. The first-order valence-electron chi connectivity index (χ1n) is 11.8. The van der Waals surface area contributed by atoms with Gasteiger partial charge in [0.1, 0.15) is 22.8 Å². The maximum atomic E-state index is 12.7.